The van der Waals surface area contributed by atoms with Crippen LogP contribution in [-0.2, 0) is 4.74 Å². The zero-order valence-electron chi connectivity index (χ0n) is 9.81. The molecule has 0 spiro atoms. The Kier molecular flexibility index (Phi) is 3.46. The summed E-state index contributed by atoms with van der Waals surface area (Å²) >= 11 is 0. The van der Waals surface area contributed by atoms with Gasteiger partial charge in [-0.2, -0.15) is 5.10 Å². The van der Waals surface area contributed by atoms with Crippen molar-refractivity contribution in [3.63, 3.8) is 0 Å². The lowest BCUT2D eigenvalue weighted by atomic mass is 10.1. The van der Waals surface area contributed by atoms with Crippen LogP contribution in [0.5, 0.6) is 0 Å². The second-order valence-electron chi connectivity index (χ2n) is 4.23. The number of nitrogens with zero attached hydrogens (tertiary/aromatic N) is 2. The van der Waals surface area contributed by atoms with Crippen LogP contribution in [-0.4, -0.2) is 36.0 Å². The van der Waals surface area contributed by atoms with Crippen LogP contribution in [0.25, 0.3) is 0 Å². The maximum Gasteiger partial charge on any atom is 0.163 e. The van der Waals surface area contributed by atoms with Crippen molar-refractivity contribution in [3.8, 4) is 0 Å². The van der Waals surface area contributed by atoms with Crippen molar-refractivity contribution in [2.45, 2.75) is 32.4 Å². The van der Waals surface area contributed by atoms with Gasteiger partial charge in [0.2, 0.25) is 0 Å². The quantitative estimate of drug-likeness (QED) is 0.675. The Morgan fingerprint density at radius 1 is 1.56 bits per heavy atom. The Morgan fingerprint density at radius 2 is 2.38 bits per heavy atom. The molecule has 0 aliphatic carbocycles. The normalized spacial score (nSPS) is 31.2. The van der Waals surface area contributed by atoms with Crippen LogP contribution in [0.2, 0.25) is 0 Å². The number of nitrogens with two attached hydrogens (primary N) is 1. The zero-order valence-corrected chi connectivity index (χ0v) is 9.81. The van der Waals surface area contributed by atoms with E-state index in [9.17, 15) is 0 Å². The summed E-state index contributed by atoms with van der Waals surface area (Å²) in [5, 5.41) is 4.27. The third-order valence-corrected chi connectivity index (χ3v) is 2.98. The molecule has 2 aliphatic rings. The zero-order chi connectivity index (χ0) is 11.5. The highest BCUT2D eigenvalue weighted by molar-refractivity contribution is 5.94. The van der Waals surface area contributed by atoms with Gasteiger partial charge in [-0.1, -0.05) is 6.92 Å². The predicted octanol–water partition coefficient (Wildman–Crippen LogP) is 0.407. The van der Waals surface area contributed by atoms with Crippen molar-refractivity contribution in [1.29, 1.82) is 0 Å². The number of morpholine rings is 1. The molecule has 1 radical (unpaired) electrons. The number of ether oxygens (including phenoxy) is 1. The third-order valence-electron chi connectivity index (χ3n) is 2.98. The molecule has 2 rings (SSSR count). The van der Waals surface area contributed by atoms with Crippen LogP contribution in [0.1, 0.15) is 20.3 Å². The molecule has 3 N–H and O–H groups in total. The summed E-state index contributed by atoms with van der Waals surface area (Å²) in [6.07, 6.45) is 5.43. The molecule has 0 aromatic heterocycles. The molecule has 16 heavy (non-hydrogen) atoms. The maximum atomic E-state index is 5.60. The molecule has 1 fully saturated rings. The predicted molar refractivity (Wildman–Crippen MR) is 63.3 cm³/mol. The number of hydrogen-bond acceptors (Lipinski definition) is 5. The topological polar surface area (TPSA) is 62.9 Å². The minimum absolute atomic E-state index is 0.350. The fourth-order valence-corrected chi connectivity index (χ4v) is 2.13. The average Bonchev–Trinajstić information content (AvgIpc) is 2.30. The highest BCUT2D eigenvalue weighted by atomic mass is 16.5. The first kappa shape index (κ1) is 11.4. The van der Waals surface area contributed by atoms with E-state index in [1.807, 2.05) is 12.2 Å². The van der Waals surface area contributed by atoms with Gasteiger partial charge in [0.05, 0.1) is 25.3 Å². The molecule has 0 bridgehead atoms. The molecule has 2 atom stereocenters. The lowest BCUT2D eigenvalue weighted by molar-refractivity contribution is -0.00790. The first-order valence-corrected chi connectivity index (χ1v) is 5.72. The molecule has 89 valence electrons. The van der Waals surface area contributed by atoms with Crippen molar-refractivity contribution < 1.29 is 4.74 Å². The van der Waals surface area contributed by atoms with Gasteiger partial charge < -0.3 is 15.4 Å². The van der Waals surface area contributed by atoms with E-state index in [0.717, 1.165) is 25.5 Å². The van der Waals surface area contributed by atoms with E-state index in [1.165, 1.54) is 0 Å². The number of amidine groups is 1. The van der Waals surface area contributed by atoms with Crippen LogP contribution in [0.4, 0.5) is 0 Å². The van der Waals surface area contributed by atoms with Crippen molar-refractivity contribution in [3.05, 3.63) is 18.3 Å². The van der Waals surface area contributed by atoms with Crippen molar-refractivity contribution in [2.75, 3.05) is 13.2 Å². The van der Waals surface area contributed by atoms with Gasteiger partial charge in [0.15, 0.2) is 6.17 Å². The molecular weight excluding hydrogens is 204 g/mol. The van der Waals surface area contributed by atoms with E-state index in [-0.39, 0.29) is 0 Å². The number of hydrogen-bond donors (Lipinski definition) is 2. The molecule has 2 unspecified atom stereocenters. The first-order chi connectivity index (χ1) is 7.72. The van der Waals surface area contributed by atoms with Gasteiger partial charge in [0, 0.05) is 0 Å². The Morgan fingerprint density at radius 3 is 3.00 bits per heavy atom. The number of nitrogens with one attached hydrogen (secondary N) is 1. The van der Waals surface area contributed by atoms with E-state index in [0.29, 0.717) is 18.2 Å². The summed E-state index contributed by atoms with van der Waals surface area (Å²) in [6.45, 7) is 5.84. The summed E-state index contributed by atoms with van der Waals surface area (Å²) in [7, 11) is 0. The second-order valence-corrected chi connectivity index (χ2v) is 4.23. The smallest absolute Gasteiger partial charge is 0.163 e. The molecule has 2 aliphatic heterocycles. The summed E-state index contributed by atoms with van der Waals surface area (Å²) in [5.41, 5.74) is 8.40. The monoisotopic (exact) mass is 223 g/mol. The van der Waals surface area contributed by atoms with Crippen LogP contribution in [0.3, 0.4) is 0 Å². The minimum Gasteiger partial charge on any atom is -0.377 e. The van der Waals surface area contributed by atoms with Gasteiger partial charge >= 0.3 is 0 Å². The third kappa shape index (κ3) is 2.20. The summed E-state index contributed by atoms with van der Waals surface area (Å²) < 4.78 is 5.56. The Bertz CT molecular complexity index is 302. The minimum atomic E-state index is 0.350. The van der Waals surface area contributed by atoms with Gasteiger partial charge in [-0.25, -0.2) is 0 Å². The van der Waals surface area contributed by atoms with Gasteiger partial charge in [-0.15, -0.1) is 0 Å². The average molecular weight is 223 g/mol. The van der Waals surface area contributed by atoms with E-state index in [4.69, 9.17) is 10.5 Å². The van der Waals surface area contributed by atoms with Crippen LogP contribution >= 0.6 is 0 Å². The van der Waals surface area contributed by atoms with Gasteiger partial charge in [-0.3, -0.25) is 5.43 Å². The highest BCUT2D eigenvalue weighted by Crippen LogP contribution is 2.18. The molecule has 0 amide bonds. The maximum absolute atomic E-state index is 5.60. The molecule has 5 heteroatoms. The standard InChI is InChI=1S/C11H19N4O/c1-3-9-7-16-6-8(2)15(9)11-5-4-10(12)13-14-11/h4-5,8-9,13H,3,6-7,12H2,1-2H3. The number of rotatable bonds is 1. The Labute approximate surface area is 96.3 Å². The summed E-state index contributed by atoms with van der Waals surface area (Å²) in [4.78, 5) is 2.30. The van der Waals surface area contributed by atoms with Gasteiger partial charge in [-0.05, 0) is 25.5 Å². The molecule has 0 aromatic rings. The molecule has 0 saturated carbocycles. The van der Waals surface area contributed by atoms with Crippen LogP contribution in [0.15, 0.2) is 17.3 Å². The fraction of sp³-hybridized carbons (Fsp3) is 0.636. The van der Waals surface area contributed by atoms with Crippen molar-refractivity contribution in [2.24, 2.45) is 10.8 Å². The van der Waals surface area contributed by atoms with E-state index >= 15 is 0 Å². The molecule has 5 nitrogen and oxygen atoms in total. The van der Waals surface area contributed by atoms with Gasteiger partial charge in [0.25, 0.3) is 0 Å². The van der Waals surface area contributed by atoms with Gasteiger partial charge in [0.1, 0.15) is 5.84 Å². The lowest BCUT2D eigenvalue weighted by Crippen LogP contribution is -2.54. The summed E-state index contributed by atoms with van der Waals surface area (Å²) in [6, 6.07) is 0.747. The van der Waals surface area contributed by atoms with Crippen LogP contribution in [0, 0.1) is 6.17 Å². The first-order valence-electron chi connectivity index (χ1n) is 5.72. The Hall–Kier alpha value is -1.07. The van der Waals surface area contributed by atoms with E-state index in [2.05, 4.69) is 29.3 Å². The molecular formula is C11H19N4O. The highest BCUT2D eigenvalue weighted by Gasteiger charge is 2.29. The van der Waals surface area contributed by atoms with Crippen molar-refractivity contribution >= 4 is 5.84 Å². The fourth-order valence-electron chi connectivity index (χ4n) is 2.13. The molecule has 1 saturated heterocycles. The Balaban J connectivity index is 2.13. The van der Waals surface area contributed by atoms with E-state index < -0.39 is 0 Å². The van der Waals surface area contributed by atoms with Crippen LogP contribution < -0.4 is 11.2 Å². The molecule has 2 heterocycles. The number of hydrazone groups is 1. The largest absolute Gasteiger partial charge is 0.377 e. The molecule has 0 aromatic carbocycles. The lowest BCUT2D eigenvalue weighted by Gasteiger charge is -2.42. The SMILES string of the molecule is CCC1COCC(C)N1C1=NN[C](N)C=C1. The van der Waals surface area contributed by atoms with Crippen molar-refractivity contribution in [1.82, 2.24) is 10.3 Å². The van der Waals surface area contributed by atoms with E-state index in [1.54, 1.807) is 0 Å². The summed E-state index contributed by atoms with van der Waals surface area (Å²) in [5.74, 6) is 0.942. The second kappa shape index (κ2) is 4.84.